The molecule has 0 spiro atoms. The Kier molecular flexibility index (Phi) is 5.25. The number of hydrogen-bond acceptors (Lipinski definition) is 4. The minimum Gasteiger partial charge on any atom is -0.481 e. The molecule has 104 valence electrons. The summed E-state index contributed by atoms with van der Waals surface area (Å²) >= 11 is 0. The molecule has 0 saturated carbocycles. The summed E-state index contributed by atoms with van der Waals surface area (Å²) in [6, 6.07) is -2.43. The molecule has 2 atom stereocenters. The Labute approximate surface area is 109 Å². The van der Waals surface area contributed by atoms with Crippen molar-refractivity contribution < 1.29 is 24.6 Å². The fourth-order valence-electron chi connectivity index (χ4n) is 1.70. The molecule has 1 aliphatic carbocycles. The zero-order chi connectivity index (χ0) is 14.4. The van der Waals surface area contributed by atoms with Crippen molar-refractivity contribution >= 4 is 17.8 Å². The molecule has 1 amide bonds. The van der Waals surface area contributed by atoms with Crippen LogP contribution in [0.4, 0.5) is 0 Å². The zero-order valence-electron chi connectivity index (χ0n) is 10.2. The van der Waals surface area contributed by atoms with Crippen molar-refractivity contribution in [2.75, 3.05) is 0 Å². The molecule has 1 aliphatic rings. The van der Waals surface area contributed by atoms with E-state index < -0.39 is 36.4 Å². The van der Waals surface area contributed by atoms with Crippen LogP contribution in [0.5, 0.6) is 0 Å². The van der Waals surface area contributed by atoms with E-state index in [2.05, 4.69) is 5.32 Å². The lowest BCUT2D eigenvalue weighted by Crippen LogP contribution is -2.49. The van der Waals surface area contributed by atoms with Gasteiger partial charge in [0.1, 0.15) is 6.04 Å². The lowest BCUT2D eigenvalue weighted by atomic mass is 9.98. The first-order valence-corrected chi connectivity index (χ1v) is 5.76. The van der Waals surface area contributed by atoms with E-state index in [1.54, 1.807) is 6.08 Å². The van der Waals surface area contributed by atoms with E-state index in [0.717, 1.165) is 0 Å². The quantitative estimate of drug-likeness (QED) is 0.486. The van der Waals surface area contributed by atoms with Gasteiger partial charge in [-0.3, -0.25) is 9.59 Å². The van der Waals surface area contributed by atoms with E-state index >= 15 is 0 Å². The second-order valence-electron chi connectivity index (χ2n) is 4.17. The van der Waals surface area contributed by atoms with E-state index in [4.69, 9.17) is 15.9 Å². The normalized spacial score (nSPS) is 17.2. The molecule has 0 radical (unpaired) electrons. The van der Waals surface area contributed by atoms with Crippen molar-refractivity contribution in [2.45, 2.75) is 31.3 Å². The Bertz CT molecular complexity index is 441. The van der Waals surface area contributed by atoms with Crippen LogP contribution < -0.4 is 11.1 Å². The van der Waals surface area contributed by atoms with Crippen LogP contribution in [0.3, 0.4) is 0 Å². The highest BCUT2D eigenvalue weighted by Gasteiger charge is 2.27. The molecule has 7 heteroatoms. The highest BCUT2D eigenvalue weighted by molar-refractivity contribution is 5.90. The van der Waals surface area contributed by atoms with Gasteiger partial charge in [-0.1, -0.05) is 18.2 Å². The number of carboxylic acid groups (broad SMARTS) is 2. The van der Waals surface area contributed by atoms with Crippen LogP contribution in [0.2, 0.25) is 0 Å². The minimum absolute atomic E-state index is 0.436. The van der Waals surface area contributed by atoms with Crippen LogP contribution in [-0.4, -0.2) is 40.1 Å². The van der Waals surface area contributed by atoms with Crippen LogP contribution in [0.25, 0.3) is 0 Å². The molecule has 5 N–H and O–H groups in total. The molecule has 0 aliphatic heterocycles. The van der Waals surface area contributed by atoms with Crippen molar-refractivity contribution in [3.05, 3.63) is 23.8 Å². The predicted octanol–water partition coefficient (Wildman–Crippen LogP) is -0.366. The number of carbonyl (C=O) groups excluding carboxylic acids is 1. The molecule has 1 rings (SSSR count). The average Bonchev–Trinajstić information content (AvgIpc) is 2.35. The third-order valence-corrected chi connectivity index (χ3v) is 2.67. The smallest absolute Gasteiger partial charge is 0.330 e. The molecule has 0 aromatic heterocycles. The third kappa shape index (κ3) is 4.55. The van der Waals surface area contributed by atoms with Crippen molar-refractivity contribution in [3.63, 3.8) is 0 Å². The summed E-state index contributed by atoms with van der Waals surface area (Å²) < 4.78 is 0. The van der Waals surface area contributed by atoms with Crippen LogP contribution in [0.15, 0.2) is 23.8 Å². The summed E-state index contributed by atoms with van der Waals surface area (Å²) in [6.07, 6.45) is 5.93. The molecule has 19 heavy (non-hydrogen) atoms. The van der Waals surface area contributed by atoms with Gasteiger partial charge in [0, 0.05) is 0 Å². The second kappa shape index (κ2) is 6.69. The molecular formula is C12H16N2O5. The van der Waals surface area contributed by atoms with Gasteiger partial charge in [-0.25, -0.2) is 4.79 Å². The number of carbonyl (C=O) groups is 3. The molecule has 0 saturated heterocycles. The van der Waals surface area contributed by atoms with Crippen molar-refractivity contribution in [3.8, 4) is 0 Å². The largest absolute Gasteiger partial charge is 0.481 e. The Balaban J connectivity index is 2.68. The third-order valence-electron chi connectivity index (χ3n) is 2.67. The number of hydrogen-bond donors (Lipinski definition) is 4. The van der Waals surface area contributed by atoms with E-state index in [1.807, 2.05) is 12.2 Å². The van der Waals surface area contributed by atoms with E-state index in [1.165, 1.54) is 0 Å². The van der Waals surface area contributed by atoms with E-state index in [9.17, 15) is 14.4 Å². The summed E-state index contributed by atoms with van der Waals surface area (Å²) in [5.41, 5.74) is 5.94. The Morgan fingerprint density at radius 1 is 1.32 bits per heavy atom. The number of allylic oxidation sites excluding steroid dienone is 3. The van der Waals surface area contributed by atoms with E-state index in [0.29, 0.717) is 18.4 Å². The van der Waals surface area contributed by atoms with Crippen molar-refractivity contribution in [2.24, 2.45) is 5.73 Å². The fourth-order valence-corrected chi connectivity index (χ4v) is 1.70. The summed E-state index contributed by atoms with van der Waals surface area (Å²) in [5, 5.41) is 19.9. The van der Waals surface area contributed by atoms with Crippen LogP contribution >= 0.6 is 0 Å². The summed E-state index contributed by atoms with van der Waals surface area (Å²) in [7, 11) is 0. The van der Waals surface area contributed by atoms with Crippen LogP contribution in [0.1, 0.15) is 19.3 Å². The van der Waals surface area contributed by atoms with Gasteiger partial charge in [0.2, 0.25) is 5.91 Å². The first kappa shape index (κ1) is 14.9. The molecular weight excluding hydrogens is 252 g/mol. The molecule has 0 aromatic rings. The SMILES string of the molecule is N[C@@H](CC(=O)O)C(=O)NC(C(=O)O)C1=CCC=CC1. The standard InChI is InChI=1S/C12H16N2O5/c13-8(6-9(15)16)11(17)14-10(12(18)19)7-4-2-1-3-5-7/h1-2,5,8,10H,3-4,6,13H2,(H,14,17)(H,15,16)(H,18,19)/t8-,10?/m0/s1. The van der Waals surface area contributed by atoms with E-state index in [-0.39, 0.29) is 0 Å². The van der Waals surface area contributed by atoms with Gasteiger partial charge in [0.25, 0.3) is 0 Å². The number of rotatable bonds is 6. The number of nitrogens with two attached hydrogens (primary N) is 1. The highest BCUT2D eigenvalue weighted by Crippen LogP contribution is 2.15. The van der Waals surface area contributed by atoms with Gasteiger partial charge in [-0.2, -0.15) is 0 Å². The average molecular weight is 268 g/mol. The van der Waals surface area contributed by atoms with Gasteiger partial charge < -0.3 is 21.3 Å². The molecule has 0 bridgehead atoms. The Morgan fingerprint density at radius 3 is 2.47 bits per heavy atom. The molecule has 7 nitrogen and oxygen atoms in total. The number of carboxylic acids is 2. The maximum absolute atomic E-state index is 11.6. The maximum atomic E-state index is 11.6. The van der Waals surface area contributed by atoms with Crippen molar-refractivity contribution in [1.82, 2.24) is 5.32 Å². The van der Waals surface area contributed by atoms with Gasteiger partial charge in [0.05, 0.1) is 12.5 Å². The molecule has 0 heterocycles. The first-order valence-electron chi connectivity index (χ1n) is 5.76. The van der Waals surface area contributed by atoms with Crippen LogP contribution in [0, 0.1) is 0 Å². The monoisotopic (exact) mass is 268 g/mol. The predicted molar refractivity (Wildman–Crippen MR) is 66.3 cm³/mol. The maximum Gasteiger partial charge on any atom is 0.330 e. The topological polar surface area (TPSA) is 130 Å². The fraction of sp³-hybridized carbons (Fsp3) is 0.417. The van der Waals surface area contributed by atoms with Crippen molar-refractivity contribution in [1.29, 1.82) is 0 Å². The lowest BCUT2D eigenvalue weighted by molar-refractivity contribution is -0.141. The zero-order valence-corrected chi connectivity index (χ0v) is 10.2. The molecule has 0 aromatic carbocycles. The molecule has 0 fully saturated rings. The Hall–Kier alpha value is -2.15. The highest BCUT2D eigenvalue weighted by atomic mass is 16.4. The molecule has 1 unspecified atom stereocenters. The lowest BCUT2D eigenvalue weighted by Gasteiger charge is -2.20. The number of nitrogens with one attached hydrogen (secondary N) is 1. The second-order valence-corrected chi connectivity index (χ2v) is 4.17. The summed E-state index contributed by atoms with van der Waals surface area (Å²) in [6.45, 7) is 0. The van der Waals surface area contributed by atoms with Gasteiger partial charge in [-0.05, 0) is 18.4 Å². The van der Waals surface area contributed by atoms with Crippen LogP contribution in [-0.2, 0) is 14.4 Å². The van der Waals surface area contributed by atoms with Gasteiger partial charge >= 0.3 is 11.9 Å². The Morgan fingerprint density at radius 2 is 2.00 bits per heavy atom. The summed E-state index contributed by atoms with van der Waals surface area (Å²) in [5.74, 6) is -3.20. The van der Waals surface area contributed by atoms with Gasteiger partial charge in [0.15, 0.2) is 0 Å². The number of amides is 1. The first-order chi connectivity index (χ1) is 8.91. The minimum atomic E-state index is -1.26. The van der Waals surface area contributed by atoms with Gasteiger partial charge in [-0.15, -0.1) is 0 Å². The summed E-state index contributed by atoms with van der Waals surface area (Å²) in [4.78, 5) is 33.2. The number of aliphatic carboxylic acids is 2.